The fourth-order valence-electron chi connectivity index (χ4n) is 1.06. The highest BCUT2D eigenvalue weighted by atomic mass is 31.2. The molecule has 0 N–H and O–H groups in total. The number of nitro groups is 1. The molecule has 8 heteroatoms. The Labute approximate surface area is 91.4 Å². The number of rotatable bonds is 4. The van der Waals surface area contributed by atoms with Gasteiger partial charge in [0.1, 0.15) is 5.75 Å². The Hall–Kier alpha value is -1.43. The largest absolute Gasteiger partial charge is 0.746 e. The van der Waals surface area contributed by atoms with Crippen molar-refractivity contribution in [3.05, 3.63) is 33.9 Å². The lowest BCUT2D eigenvalue weighted by molar-refractivity contribution is -0.385. The third-order valence-corrected chi connectivity index (χ3v) is 2.69. The summed E-state index contributed by atoms with van der Waals surface area (Å²) in [5.74, 6) is -0.0247. The van der Waals surface area contributed by atoms with Crippen LogP contribution in [-0.4, -0.2) is 12.0 Å². The molecule has 0 fully saturated rings. The minimum absolute atomic E-state index is 0.0247. The van der Waals surface area contributed by atoms with Crippen LogP contribution >= 0.6 is 7.82 Å². The molecule has 0 spiro atoms. The van der Waals surface area contributed by atoms with Crippen LogP contribution in [0.25, 0.3) is 0 Å². The molecule has 1 unspecified atom stereocenters. The van der Waals surface area contributed by atoms with Crippen LogP contribution in [0, 0.1) is 17.0 Å². The van der Waals surface area contributed by atoms with Crippen LogP contribution in [-0.2, 0) is 9.09 Å². The van der Waals surface area contributed by atoms with Gasteiger partial charge in [-0.2, -0.15) is 0 Å². The van der Waals surface area contributed by atoms with E-state index in [9.17, 15) is 19.6 Å². The van der Waals surface area contributed by atoms with E-state index in [1.54, 1.807) is 0 Å². The van der Waals surface area contributed by atoms with Crippen molar-refractivity contribution in [3.8, 4) is 5.75 Å². The Bertz CT molecular complexity index is 460. The van der Waals surface area contributed by atoms with Crippen molar-refractivity contribution in [1.29, 1.82) is 0 Å². The predicted octanol–water partition coefficient (Wildman–Crippen LogP) is 1.40. The highest BCUT2D eigenvalue weighted by molar-refractivity contribution is 7.46. The highest BCUT2D eigenvalue weighted by Gasteiger charge is 2.13. The highest BCUT2D eigenvalue weighted by Crippen LogP contribution is 2.39. The second-order valence-electron chi connectivity index (χ2n) is 2.93. The molecule has 0 aliphatic rings. The van der Waals surface area contributed by atoms with Crippen molar-refractivity contribution in [3.63, 3.8) is 0 Å². The summed E-state index contributed by atoms with van der Waals surface area (Å²) in [5.41, 5.74) is 0.198. The fourth-order valence-corrected chi connectivity index (χ4v) is 1.50. The first-order valence-electron chi connectivity index (χ1n) is 4.17. The van der Waals surface area contributed by atoms with Crippen LogP contribution in [0.15, 0.2) is 18.2 Å². The van der Waals surface area contributed by atoms with E-state index in [4.69, 9.17) is 0 Å². The molecule has 0 saturated carbocycles. The number of phosphoric ester groups is 1. The first-order chi connectivity index (χ1) is 7.35. The second-order valence-corrected chi connectivity index (χ2v) is 4.37. The zero-order valence-corrected chi connectivity index (χ0v) is 9.47. The topological polar surface area (TPSA) is 102 Å². The van der Waals surface area contributed by atoms with Gasteiger partial charge in [0.05, 0.1) is 4.92 Å². The number of nitro benzene ring substituents is 1. The molecule has 88 valence electrons. The summed E-state index contributed by atoms with van der Waals surface area (Å²) in [6.07, 6.45) is 0. The van der Waals surface area contributed by atoms with Gasteiger partial charge in [0, 0.05) is 18.7 Å². The summed E-state index contributed by atoms with van der Waals surface area (Å²) >= 11 is 0. The molecule has 16 heavy (non-hydrogen) atoms. The Balaban J connectivity index is 2.98. The Kier molecular flexibility index (Phi) is 3.64. The predicted molar refractivity (Wildman–Crippen MR) is 53.1 cm³/mol. The third-order valence-electron chi connectivity index (χ3n) is 1.81. The van der Waals surface area contributed by atoms with Gasteiger partial charge in [-0.15, -0.1) is 0 Å². The van der Waals surface area contributed by atoms with E-state index in [1.807, 2.05) is 0 Å². The maximum absolute atomic E-state index is 10.9. The Morgan fingerprint density at radius 2 is 2.06 bits per heavy atom. The second kappa shape index (κ2) is 4.61. The lowest BCUT2D eigenvalue weighted by Crippen LogP contribution is -2.08. The Morgan fingerprint density at radius 3 is 2.50 bits per heavy atom. The molecule has 0 aromatic heterocycles. The van der Waals surface area contributed by atoms with E-state index in [2.05, 4.69) is 9.05 Å². The zero-order chi connectivity index (χ0) is 12.3. The van der Waals surface area contributed by atoms with Crippen molar-refractivity contribution < 1.29 is 23.4 Å². The first-order valence-corrected chi connectivity index (χ1v) is 5.63. The van der Waals surface area contributed by atoms with E-state index in [0.29, 0.717) is 5.56 Å². The summed E-state index contributed by atoms with van der Waals surface area (Å²) < 4.78 is 19.6. The van der Waals surface area contributed by atoms with Crippen LogP contribution < -0.4 is 9.42 Å². The van der Waals surface area contributed by atoms with E-state index in [-0.39, 0.29) is 11.4 Å². The molecule has 0 amide bonds. The summed E-state index contributed by atoms with van der Waals surface area (Å²) in [6, 6.07) is 3.61. The molecule has 0 aliphatic carbocycles. The summed E-state index contributed by atoms with van der Waals surface area (Å²) in [6.45, 7) is 1.48. The molecule has 0 bridgehead atoms. The molecule has 0 radical (unpaired) electrons. The first kappa shape index (κ1) is 12.6. The Morgan fingerprint density at radius 1 is 1.44 bits per heavy atom. The summed E-state index contributed by atoms with van der Waals surface area (Å²) in [4.78, 5) is 20.9. The standard InChI is InChI=1S/C8H10NO6P/c1-6-5-7(15-16(12,13)14-2)3-4-8(6)9(10)11/h3-5H,1-2H3,(H,12,13)/p-1. The minimum atomic E-state index is -4.37. The van der Waals surface area contributed by atoms with Gasteiger partial charge in [0.2, 0.25) is 0 Å². The van der Waals surface area contributed by atoms with Crippen molar-refractivity contribution in [1.82, 2.24) is 0 Å². The number of phosphoric acid groups is 1. The van der Waals surface area contributed by atoms with Gasteiger partial charge in [-0.05, 0) is 19.1 Å². The van der Waals surface area contributed by atoms with Crippen LogP contribution in [0.3, 0.4) is 0 Å². The number of hydrogen-bond donors (Lipinski definition) is 0. The van der Waals surface area contributed by atoms with Gasteiger partial charge in [-0.1, -0.05) is 0 Å². The smallest absolute Gasteiger partial charge is 0.319 e. The average Bonchev–Trinajstić information content (AvgIpc) is 2.16. The fraction of sp³-hybridized carbons (Fsp3) is 0.250. The molecular formula is C8H9NO6P-. The van der Waals surface area contributed by atoms with Crippen molar-refractivity contribution >= 4 is 13.5 Å². The van der Waals surface area contributed by atoms with E-state index >= 15 is 0 Å². The third kappa shape index (κ3) is 3.03. The number of benzene rings is 1. The molecule has 7 nitrogen and oxygen atoms in total. The number of nitrogens with zero attached hydrogens (tertiary/aromatic N) is 1. The lowest BCUT2D eigenvalue weighted by Gasteiger charge is -2.20. The summed E-state index contributed by atoms with van der Waals surface area (Å²) in [7, 11) is -3.41. The van der Waals surface area contributed by atoms with Crippen molar-refractivity contribution in [2.75, 3.05) is 7.11 Å². The van der Waals surface area contributed by atoms with Gasteiger partial charge >= 0.3 is 7.82 Å². The molecule has 1 aromatic rings. The summed E-state index contributed by atoms with van der Waals surface area (Å²) in [5, 5.41) is 10.5. The van der Waals surface area contributed by atoms with Gasteiger partial charge in [-0.25, -0.2) is 0 Å². The van der Waals surface area contributed by atoms with Gasteiger partial charge in [0.25, 0.3) is 5.69 Å². The van der Waals surface area contributed by atoms with E-state index < -0.39 is 12.7 Å². The molecule has 1 atom stereocenters. The average molecular weight is 246 g/mol. The molecule has 0 aliphatic heterocycles. The van der Waals surface area contributed by atoms with Crippen molar-refractivity contribution in [2.24, 2.45) is 0 Å². The monoisotopic (exact) mass is 246 g/mol. The van der Waals surface area contributed by atoms with Crippen LogP contribution in [0.5, 0.6) is 5.75 Å². The maximum atomic E-state index is 10.9. The van der Waals surface area contributed by atoms with Crippen molar-refractivity contribution in [2.45, 2.75) is 6.92 Å². The zero-order valence-electron chi connectivity index (χ0n) is 8.58. The van der Waals surface area contributed by atoms with Crippen LogP contribution in [0.4, 0.5) is 5.69 Å². The van der Waals surface area contributed by atoms with Gasteiger partial charge in [-0.3, -0.25) is 14.7 Å². The maximum Gasteiger partial charge on any atom is 0.319 e. The molecule has 1 aromatic carbocycles. The number of hydrogen-bond acceptors (Lipinski definition) is 6. The minimum Gasteiger partial charge on any atom is -0.746 e. The molecule has 0 saturated heterocycles. The van der Waals surface area contributed by atoms with E-state index in [0.717, 1.165) is 7.11 Å². The lowest BCUT2D eigenvalue weighted by atomic mass is 10.2. The molecular weight excluding hydrogens is 237 g/mol. The quantitative estimate of drug-likeness (QED) is 0.452. The SMILES string of the molecule is COP(=O)([O-])Oc1ccc([N+](=O)[O-])c(C)c1. The number of aryl methyl sites for hydroxylation is 1. The molecule has 1 rings (SSSR count). The van der Waals surface area contributed by atoms with Crippen LogP contribution in [0.1, 0.15) is 5.56 Å². The normalized spacial score (nSPS) is 14.2. The van der Waals surface area contributed by atoms with Gasteiger partial charge in [0.15, 0.2) is 0 Å². The molecule has 0 heterocycles. The van der Waals surface area contributed by atoms with Crippen LogP contribution in [0.2, 0.25) is 0 Å². The van der Waals surface area contributed by atoms with E-state index in [1.165, 1.54) is 25.1 Å². The van der Waals surface area contributed by atoms with Gasteiger partial charge < -0.3 is 13.9 Å².